The SMILES string of the molecule is C/C=C/c1nn2c(c1-c1ccnc3ccc(CN=O)cc13)CCC2. The lowest BCUT2D eigenvalue weighted by Gasteiger charge is -2.08. The van der Waals surface area contributed by atoms with Gasteiger partial charge in [0, 0.05) is 29.4 Å². The van der Waals surface area contributed by atoms with E-state index in [2.05, 4.69) is 20.9 Å². The van der Waals surface area contributed by atoms with Gasteiger partial charge in [0.15, 0.2) is 0 Å². The van der Waals surface area contributed by atoms with E-state index >= 15 is 0 Å². The summed E-state index contributed by atoms with van der Waals surface area (Å²) in [6.45, 7) is 3.16. The van der Waals surface area contributed by atoms with Crippen LogP contribution >= 0.6 is 0 Å². The number of nitrogens with zero attached hydrogens (tertiary/aromatic N) is 4. The van der Waals surface area contributed by atoms with Gasteiger partial charge >= 0.3 is 0 Å². The van der Waals surface area contributed by atoms with Crippen molar-refractivity contribution in [2.75, 3.05) is 0 Å². The number of pyridine rings is 1. The van der Waals surface area contributed by atoms with Crippen LogP contribution in [0.4, 0.5) is 0 Å². The molecule has 1 aromatic carbocycles. The number of hydrogen-bond acceptors (Lipinski definition) is 4. The Bertz CT molecular complexity index is 955. The molecule has 0 fully saturated rings. The first kappa shape index (κ1) is 14.8. The summed E-state index contributed by atoms with van der Waals surface area (Å²) in [5.74, 6) is 0. The molecule has 0 aliphatic carbocycles. The van der Waals surface area contributed by atoms with E-state index in [1.807, 2.05) is 43.5 Å². The minimum Gasteiger partial charge on any atom is -0.268 e. The van der Waals surface area contributed by atoms with E-state index in [1.54, 1.807) is 0 Å². The third-order valence-electron chi connectivity index (χ3n) is 4.52. The predicted molar refractivity (Wildman–Crippen MR) is 95.5 cm³/mol. The molecule has 5 heteroatoms. The molecule has 0 radical (unpaired) electrons. The smallest absolute Gasteiger partial charge is 0.106 e. The van der Waals surface area contributed by atoms with Crippen LogP contribution in [-0.4, -0.2) is 14.8 Å². The fourth-order valence-electron chi connectivity index (χ4n) is 3.50. The van der Waals surface area contributed by atoms with Gasteiger partial charge in [-0.05, 0) is 55.2 Å². The fourth-order valence-corrected chi connectivity index (χ4v) is 3.50. The Kier molecular flexibility index (Phi) is 3.69. The average Bonchev–Trinajstić information content (AvgIpc) is 3.16. The summed E-state index contributed by atoms with van der Waals surface area (Å²) in [6.07, 6.45) is 8.10. The highest BCUT2D eigenvalue weighted by molar-refractivity contribution is 5.97. The first-order valence-electron chi connectivity index (χ1n) is 8.21. The van der Waals surface area contributed by atoms with Crippen molar-refractivity contribution in [3.63, 3.8) is 0 Å². The number of aryl methyl sites for hydroxylation is 1. The number of nitroso groups, excluding NO2 is 1. The van der Waals surface area contributed by atoms with Crippen molar-refractivity contribution in [3.8, 4) is 11.1 Å². The number of benzene rings is 1. The molecule has 0 saturated carbocycles. The van der Waals surface area contributed by atoms with Crippen molar-refractivity contribution in [2.45, 2.75) is 32.9 Å². The quantitative estimate of drug-likeness (QED) is 0.672. The Balaban J connectivity index is 2.00. The highest BCUT2D eigenvalue weighted by atomic mass is 16.3. The molecule has 0 bridgehead atoms. The molecule has 3 aromatic rings. The van der Waals surface area contributed by atoms with Crippen LogP contribution in [0.3, 0.4) is 0 Å². The van der Waals surface area contributed by atoms with Gasteiger partial charge < -0.3 is 0 Å². The maximum atomic E-state index is 10.6. The van der Waals surface area contributed by atoms with Gasteiger partial charge in [0.2, 0.25) is 0 Å². The first-order chi connectivity index (χ1) is 11.8. The Morgan fingerprint density at radius 1 is 1.33 bits per heavy atom. The largest absolute Gasteiger partial charge is 0.268 e. The normalized spacial score (nSPS) is 13.7. The van der Waals surface area contributed by atoms with E-state index < -0.39 is 0 Å². The van der Waals surface area contributed by atoms with Gasteiger partial charge in [-0.15, -0.1) is 0 Å². The molecule has 0 saturated heterocycles. The van der Waals surface area contributed by atoms with Crippen molar-refractivity contribution in [1.82, 2.24) is 14.8 Å². The fraction of sp³-hybridized carbons (Fsp3) is 0.263. The molecule has 1 aliphatic heterocycles. The second-order valence-electron chi connectivity index (χ2n) is 6.03. The molecule has 3 heterocycles. The van der Waals surface area contributed by atoms with Crippen LogP contribution in [0.25, 0.3) is 28.1 Å². The summed E-state index contributed by atoms with van der Waals surface area (Å²) in [5.41, 5.74) is 6.43. The van der Waals surface area contributed by atoms with Crippen LogP contribution in [0, 0.1) is 4.91 Å². The van der Waals surface area contributed by atoms with Gasteiger partial charge in [-0.1, -0.05) is 17.3 Å². The van der Waals surface area contributed by atoms with Crippen molar-refractivity contribution in [1.29, 1.82) is 0 Å². The van der Waals surface area contributed by atoms with E-state index in [4.69, 9.17) is 5.10 Å². The minimum atomic E-state index is 0.179. The topological polar surface area (TPSA) is 60.1 Å². The molecule has 24 heavy (non-hydrogen) atoms. The zero-order valence-corrected chi connectivity index (χ0v) is 13.6. The number of hydrogen-bond donors (Lipinski definition) is 0. The molecule has 0 spiro atoms. The second kappa shape index (κ2) is 6.00. The molecule has 120 valence electrons. The lowest BCUT2D eigenvalue weighted by atomic mass is 9.96. The van der Waals surface area contributed by atoms with E-state index in [-0.39, 0.29) is 6.54 Å². The Morgan fingerprint density at radius 3 is 3.08 bits per heavy atom. The van der Waals surface area contributed by atoms with Gasteiger partial charge in [-0.3, -0.25) is 9.67 Å². The summed E-state index contributed by atoms with van der Waals surface area (Å²) in [6, 6.07) is 7.94. The van der Waals surface area contributed by atoms with E-state index in [9.17, 15) is 4.91 Å². The van der Waals surface area contributed by atoms with Crippen LogP contribution < -0.4 is 0 Å². The predicted octanol–water partition coefficient (Wildman–Crippen LogP) is 4.34. The zero-order chi connectivity index (χ0) is 16.5. The molecule has 1 aliphatic rings. The van der Waals surface area contributed by atoms with Crippen LogP contribution in [0.2, 0.25) is 0 Å². The van der Waals surface area contributed by atoms with Gasteiger partial charge in [0.05, 0.1) is 11.2 Å². The summed E-state index contributed by atoms with van der Waals surface area (Å²) in [7, 11) is 0. The Labute approximate surface area is 140 Å². The molecular weight excluding hydrogens is 300 g/mol. The zero-order valence-electron chi connectivity index (χ0n) is 13.6. The summed E-state index contributed by atoms with van der Waals surface area (Å²) in [4.78, 5) is 15.1. The lowest BCUT2D eigenvalue weighted by Crippen LogP contribution is -1.94. The standard InChI is InChI=1S/C19H18N4O/c1-2-4-17-19(18-5-3-10-23(18)22-17)14-8-9-20-16-7-6-13(12-21-24)11-15(14)16/h2,4,6-9,11H,3,5,10,12H2,1H3/b4-2+. The van der Waals surface area contributed by atoms with Crippen molar-refractivity contribution in [2.24, 2.45) is 5.18 Å². The first-order valence-corrected chi connectivity index (χ1v) is 8.21. The van der Waals surface area contributed by atoms with Gasteiger partial charge in [0.25, 0.3) is 0 Å². The Morgan fingerprint density at radius 2 is 2.25 bits per heavy atom. The van der Waals surface area contributed by atoms with Gasteiger partial charge in [0.1, 0.15) is 6.54 Å². The van der Waals surface area contributed by atoms with E-state index in [0.29, 0.717) is 0 Å². The maximum absolute atomic E-state index is 10.6. The number of allylic oxidation sites excluding steroid dienone is 1. The molecule has 4 rings (SSSR count). The molecule has 2 aromatic heterocycles. The van der Waals surface area contributed by atoms with E-state index in [1.165, 1.54) is 11.3 Å². The van der Waals surface area contributed by atoms with Crippen LogP contribution in [-0.2, 0) is 19.5 Å². The molecular formula is C19H18N4O. The monoisotopic (exact) mass is 318 g/mol. The minimum absolute atomic E-state index is 0.179. The number of rotatable bonds is 4. The van der Waals surface area contributed by atoms with Crippen molar-refractivity contribution < 1.29 is 0 Å². The van der Waals surface area contributed by atoms with Gasteiger partial charge in [-0.2, -0.15) is 10.0 Å². The second-order valence-corrected chi connectivity index (χ2v) is 6.03. The lowest BCUT2D eigenvalue weighted by molar-refractivity contribution is 0.655. The third-order valence-corrected chi connectivity index (χ3v) is 4.52. The third kappa shape index (κ3) is 2.33. The highest BCUT2D eigenvalue weighted by Crippen LogP contribution is 2.36. The average molecular weight is 318 g/mol. The number of fused-ring (bicyclic) bond motifs is 2. The Hall–Kier alpha value is -2.82. The summed E-state index contributed by atoms with van der Waals surface area (Å²) < 4.78 is 2.12. The molecule has 0 amide bonds. The van der Waals surface area contributed by atoms with Crippen LogP contribution in [0.5, 0.6) is 0 Å². The van der Waals surface area contributed by atoms with Gasteiger partial charge in [-0.25, -0.2) is 0 Å². The van der Waals surface area contributed by atoms with Crippen molar-refractivity contribution in [3.05, 3.63) is 58.4 Å². The molecule has 0 unspecified atom stereocenters. The molecule has 5 nitrogen and oxygen atoms in total. The van der Waals surface area contributed by atoms with Crippen LogP contribution in [0.1, 0.15) is 30.3 Å². The summed E-state index contributed by atoms with van der Waals surface area (Å²) >= 11 is 0. The highest BCUT2D eigenvalue weighted by Gasteiger charge is 2.23. The van der Waals surface area contributed by atoms with E-state index in [0.717, 1.165) is 47.1 Å². The number of aromatic nitrogens is 3. The summed E-state index contributed by atoms with van der Waals surface area (Å²) in [5, 5.41) is 8.82. The van der Waals surface area contributed by atoms with Crippen LogP contribution in [0.15, 0.2) is 41.7 Å². The molecule has 0 N–H and O–H groups in total. The van der Waals surface area contributed by atoms with Crippen molar-refractivity contribution >= 4 is 17.0 Å². The molecule has 0 atom stereocenters. The maximum Gasteiger partial charge on any atom is 0.106 e.